The molecule has 0 aliphatic heterocycles. The van der Waals surface area contributed by atoms with Gasteiger partial charge in [0.25, 0.3) is 0 Å². The lowest BCUT2D eigenvalue weighted by atomic mass is 10.0. The molecule has 9 heteroatoms. The normalized spacial score (nSPS) is 13.1. The zero-order chi connectivity index (χ0) is 66.8. The molecule has 0 amide bonds. The molecular weight excluding hydrogens is 1140 g/mol. The second-order valence-electron chi connectivity index (χ2n) is 27.6. The van der Waals surface area contributed by atoms with Gasteiger partial charge in [-0.25, -0.2) is 0 Å². The van der Waals surface area contributed by atoms with Crippen LogP contribution in [0, 0.1) is 0 Å². The highest BCUT2D eigenvalue weighted by Gasteiger charge is 2.22. The Morgan fingerprint density at radius 3 is 0.924 bits per heavy atom. The van der Waals surface area contributed by atoms with E-state index in [4.69, 9.17) is 18.9 Å². The molecule has 0 saturated carbocycles. The number of carboxylic acids is 1. The molecule has 0 N–H and O–H groups in total. The summed E-state index contributed by atoms with van der Waals surface area (Å²) in [4.78, 5) is 37.6. The third-order valence-corrected chi connectivity index (χ3v) is 17.4. The Kier molecular flexibility index (Phi) is 70.5. The number of unbranched alkanes of at least 4 members (excludes halogenated alkanes) is 44. The van der Waals surface area contributed by atoms with Crippen LogP contribution >= 0.6 is 0 Å². The van der Waals surface area contributed by atoms with Gasteiger partial charge in [-0.3, -0.25) is 9.59 Å². The predicted octanol–water partition coefficient (Wildman–Crippen LogP) is 23.6. The number of aliphatic carboxylic acids is 1. The highest BCUT2D eigenvalue weighted by Crippen LogP contribution is 2.19. The van der Waals surface area contributed by atoms with Gasteiger partial charge in [-0.2, -0.15) is 0 Å². The first-order valence-electron chi connectivity index (χ1n) is 39.2. The first-order valence-corrected chi connectivity index (χ1v) is 39.2. The van der Waals surface area contributed by atoms with E-state index in [1.54, 1.807) is 0 Å². The van der Waals surface area contributed by atoms with E-state index in [1.807, 2.05) is 21.1 Å². The summed E-state index contributed by atoms with van der Waals surface area (Å²) >= 11 is 0. The second kappa shape index (κ2) is 73.3. The number of carbonyl (C=O) groups is 3. The SMILES string of the molecule is CC/C=C\C/C=C\C/C=C\C/C=C\C/C=C\C/C=C\C/C=C\CCCCCCCCCCCCCCCCCCCCCC(=O)OC(COC(=O)CCCCCCCCCCCCCCCCCCCCCCCCCCCC)COC(OCC[N+](C)(C)C)C(=O)[O-]. The summed E-state index contributed by atoms with van der Waals surface area (Å²) in [6.45, 7) is 4.70. The molecule has 0 aromatic heterocycles. The summed E-state index contributed by atoms with van der Waals surface area (Å²) in [5.41, 5.74) is 0. The maximum Gasteiger partial charge on any atom is 0.306 e. The molecule has 2 unspecified atom stereocenters. The summed E-state index contributed by atoms with van der Waals surface area (Å²) < 4.78 is 22.9. The van der Waals surface area contributed by atoms with Crippen LogP contribution < -0.4 is 5.11 Å². The van der Waals surface area contributed by atoms with E-state index in [0.717, 1.165) is 77.0 Å². The molecule has 0 aliphatic carbocycles. The van der Waals surface area contributed by atoms with Crippen molar-refractivity contribution in [1.82, 2.24) is 0 Å². The average molecular weight is 1290 g/mol. The standard InChI is InChI=1S/C83H149NO8/c1-6-8-10-12-14-16-18-20-22-24-26-28-30-32-34-35-36-37-38-39-40-41-42-43-44-45-46-47-48-50-52-54-56-58-60-62-64-66-68-70-72-74-81(86)92-79(78-91-83(82(87)88)89-76-75-84(3,4)5)77-90-80(85)73-71-69-67-65-63-61-59-57-55-53-51-49-33-31-29-27-25-23-21-19-17-15-13-11-9-7-2/h8,10,14,16,20,22,26,28,32,34,36-37,39-40,79,83H,6-7,9,11-13,15,17-19,21,23-25,27,29-31,33,35,38,41-78H2,1-5H3/b10-8-,16-14-,22-20-,28-26-,34-32-,37-36-,40-39-. The van der Waals surface area contributed by atoms with Crippen molar-refractivity contribution in [3.05, 3.63) is 85.1 Å². The Bertz CT molecular complexity index is 1790. The maximum absolute atomic E-state index is 13.0. The number of hydrogen-bond donors (Lipinski definition) is 0. The largest absolute Gasteiger partial charge is 0.545 e. The van der Waals surface area contributed by atoms with Crippen molar-refractivity contribution in [3.63, 3.8) is 0 Å². The van der Waals surface area contributed by atoms with Gasteiger partial charge in [0, 0.05) is 12.8 Å². The van der Waals surface area contributed by atoms with Crippen LogP contribution in [0.1, 0.15) is 367 Å². The van der Waals surface area contributed by atoms with E-state index in [2.05, 4.69) is 98.9 Å². The Labute approximate surface area is 570 Å². The molecule has 0 heterocycles. The summed E-state index contributed by atoms with van der Waals surface area (Å²) in [5, 5.41) is 11.9. The summed E-state index contributed by atoms with van der Waals surface area (Å²) in [5.74, 6) is -2.26. The Balaban J connectivity index is 3.99. The van der Waals surface area contributed by atoms with E-state index in [0.29, 0.717) is 23.9 Å². The van der Waals surface area contributed by atoms with Gasteiger partial charge in [0.1, 0.15) is 13.2 Å². The molecule has 0 aromatic rings. The number of ether oxygens (including phenoxy) is 4. The molecule has 0 fully saturated rings. The predicted molar refractivity (Wildman–Crippen MR) is 394 cm³/mol. The fraction of sp³-hybridized carbons (Fsp3) is 0.795. The molecule has 0 rings (SSSR count). The number of nitrogens with zero attached hydrogens (tertiary/aromatic N) is 1. The molecule has 2 atom stereocenters. The van der Waals surface area contributed by atoms with Crippen molar-refractivity contribution >= 4 is 17.9 Å². The van der Waals surface area contributed by atoms with E-state index in [1.165, 1.54) is 257 Å². The highest BCUT2D eigenvalue weighted by atomic mass is 16.7. The maximum atomic E-state index is 13.0. The molecule has 92 heavy (non-hydrogen) atoms. The Hall–Kier alpha value is -3.53. The lowest BCUT2D eigenvalue weighted by Crippen LogP contribution is -2.44. The minimum Gasteiger partial charge on any atom is -0.545 e. The van der Waals surface area contributed by atoms with Crippen LogP contribution in [0.4, 0.5) is 0 Å². The van der Waals surface area contributed by atoms with Crippen LogP contribution in [0.2, 0.25) is 0 Å². The van der Waals surface area contributed by atoms with Crippen molar-refractivity contribution < 1.29 is 42.9 Å². The lowest BCUT2D eigenvalue weighted by Gasteiger charge is -2.26. The third kappa shape index (κ3) is 73.9. The van der Waals surface area contributed by atoms with E-state index < -0.39 is 24.3 Å². The number of carboxylic acid groups (broad SMARTS) is 1. The van der Waals surface area contributed by atoms with Crippen molar-refractivity contribution in [2.75, 3.05) is 47.5 Å². The number of allylic oxidation sites excluding steroid dienone is 14. The molecule has 0 bridgehead atoms. The molecule has 0 aliphatic rings. The highest BCUT2D eigenvalue weighted by molar-refractivity contribution is 5.70. The number of rotatable bonds is 73. The first kappa shape index (κ1) is 88.5. The van der Waals surface area contributed by atoms with E-state index in [-0.39, 0.29) is 32.2 Å². The van der Waals surface area contributed by atoms with Crippen LogP contribution in [0.15, 0.2) is 85.1 Å². The lowest BCUT2D eigenvalue weighted by molar-refractivity contribution is -0.870. The average Bonchev–Trinajstić information content (AvgIpc) is 3.70. The minimum atomic E-state index is -1.62. The van der Waals surface area contributed by atoms with Crippen molar-refractivity contribution in [2.24, 2.45) is 0 Å². The van der Waals surface area contributed by atoms with Crippen LogP contribution in [0.25, 0.3) is 0 Å². The fourth-order valence-electron chi connectivity index (χ4n) is 11.5. The van der Waals surface area contributed by atoms with Gasteiger partial charge in [-0.15, -0.1) is 0 Å². The van der Waals surface area contributed by atoms with Crippen molar-refractivity contribution in [3.8, 4) is 0 Å². The fourth-order valence-corrected chi connectivity index (χ4v) is 11.5. The molecule has 0 aromatic carbocycles. The Morgan fingerprint density at radius 1 is 0.337 bits per heavy atom. The minimum absolute atomic E-state index is 0.149. The van der Waals surface area contributed by atoms with Gasteiger partial charge >= 0.3 is 11.9 Å². The molecular formula is C83H149NO8. The zero-order valence-corrected chi connectivity index (χ0v) is 61.2. The summed E-state index contributed by atoms with van der Waals surface area (Å²) in [7, 11) is 5.95. The van der Waals surface area contributed by atoms with Crippen LogP contribution in [-0.4, -0.2) is 82.3 Å². The molecule has 534 valence electrons. The molecule has 9 nitrogen and oxygen atoms in total. The third-order valence-electron chi connectivity index (χ3n) is 17.4. The summed E-state index contributed by atoms with van der Waals surface area (Å²) in [6.07, 6.45) is 97.0. The van der Waals surface area contributed by atoms with Gasteiger partial charge in [-0.1, -0.05) is 369 Å². The molecule has 0 radical (unpaired) electrons. The number of quaternary nitrogens is 1. The first-order chi connectivity index (χ1) is 45.1. The van der Waals surface area contributed by atoms with Gasteiger partial charge in [0.2, 0.25) is 0 Å². The van der Waals surface area contributed by atoms with Crippen LogP contribution in [0.5, 0.6) is 0 Å². The van der Waals surface area contributed by atoms with Crippen LogP contribution in [-0.2, 0) is 33.3 Å². The number of esters is 2. The topological polar surface area (TPSA) is 111 Å². The smallest absolute Gasteiger partial charge is 0.306 e. The van der Waals surface area contributed by atoms with Crippen molar-refractivity contribution in [2.45, 2.75) is 379 Å². The number of carbonyl (C=O) groups excluding carboxylic acids is 3. The van der Waals surface area contributed by atoms with Gasteiger partial charge < -0.3 is 33.3 Å². The zero-order valence-electron chi connectivity index (χ0n) is 61.2. The second-order valence-corrected chi connectivity index (χ2v) is 27.6. The molecule has 0 saturated heterocycles. The monoisotopic (exact) mass is 1290 g/mol. The van der Waals surface area contributed by atoms with Gasteiger partial charge in [-0.05, 0) is 70.6 Å². The quantitative estimate of drug-likeness (QED) is 0.0195. The number of hydrogen-bond acceptors (Lipinski definition) is 8. The summed E-state index contributed by atoms with van der Waals surface area (Å²) in [6, 6.07) is 0. The van der Waals surface area contributed by atoms with Crippen molar-refractivity contribution in [1.29, 1.82) is 0 Å². The van der Waals surface area contributed by atoms with Crippen LogP contribution in [0.3, 0.4) is 0 Å². The van der Waals surface area contributed by atoms with Gasteiger partial charge in [0.15, 0.2) is 12.4 Å². The Morgan fingerprint density at radius 2 is 0.620 bits per heavy atom. The molecule has 0 spiro atoms. The van der Waals surface area contributed by atoms with E-state index >= 15 is 0 Å². The van der Waals surface area contributed by atoms with Gasteiger partial charge in [0.05, 0.1) is 40.3 Å². The van der Waals surface area contributed by atoms with E-state index in [9.17, 15) is 19.5 Å². The number of likely N-dealkylation sites (N-methyl/N-ethyl adjacent to an activating group) is 1.